The van der Waals surface area contributed by atoms with Crippen LogP contribution < -0.4 is 5.43 Å². The number of benzene rings is 1. The molecule has 3 aromatic rings. The van der Waals surface area contributed by atoms with Crippen molar-refractivity contribution in [3.63, 3.8) is 0 Å². The van der Waals surface area contributed by atoms with E-state index in [1.54, 1.807) is 10.8 Å². The summed E-state index contributed by atoms with van der Waals surface area (Å²) in [6.45, 7) is 5.10. The van der Waals surface area contributed by atoms with Gasteiger partial charge < -0.3 is 14.4 Å². The first-order valence-corrected chi connectivity index (χ1v) is 12.5. The number of rotatable bonds is 5. The number of carbonyl (C=O) groups is 1. The van der Waals surface area contributed by atoms with E-state index in [4.69, 9.17) is 4.74 Å². The summed E-state index contributed by atoms with van der Waals surface area (Å²) in [5.41, 5.74) is -0.306. The van der Waals surface area contributed by atoms with E-state index in [1.807, 2.05) is 0 Å². The molecule has 0 spiro atoms. The molecular formula is C25H25F2N3O4S. The van der Waals surface area contributed by atoms with Crippen molar-refractivity contribution in [3.8, 4) is 16.3 Å². The molecule has 1 N–H and O–H groups in total. The second kappa shape index (κ2) is 9.23. The van der Waals surface area contributed by atoms with Crippen molar-refractivity contribution in [3.05, 3.63) is 62.5 Å². The predicted octanol–water partition coefficient (Wildman–Crippen LogP) is 4.38. The number of hydrogen-bond donors (Lipinski definition) is 1. The molecule has 4 heterocycles. The molecule has 1 aromatic carbocycles. The highest BCUT2D eigenvalue weighted by Crippen LogP contribution is 2.43. The fourth-order valence-corrected chi connectivity index (χ4v) is 6.08. The molecule has 10 heteroatoms. The minimum Gasteiger partial charge on any atom is -0.503 e. The van der Waals surface area contributed by atoms with Crippen molar-refractivity contribution in [2.24, 2.45) is 17.8 Å². The molecule has 1 fully saturated rings. The molecule has 4 atom stereocenters. The highest BCUT2D eigenvalue weighted by molar-refractivity contribution is 7.14. The van der Waals surface area contributed by atoms with Crippen LogP contribution in [0.15, 0.2) is 29.2 Å². The highest BCUT2D eigenvalue weighted by atomic mass is 32.1. The number of ether oxygens (including phenoxy) is 1. The lowest BCUT2D eigenvalue weighted by molar-refractivity contribution is 0.0900. The number of Topliss-reactive ketones (excluding diaryl/α,β-unsaturated/α-hetero) is 1. The van der Waals surface area contributed by atoms with Crippen LogP contribution in [0.4, 0.5) is 8.78 Å². The quantitative estimate of drug-likeness (QED) is 0.558. The van der Waals surface area contributed by atoms with E-state index in [-0.39, 0.29) is 64.2 Å². The molecule has 0 saturated carbocycles. The van der Waals surface area contributed by atoms with E-state index < -0.39 is 22.8 Å². The van der Waals surface area contributed by atoms with Crippen LogP contribution in [0.5, 0.6) is 5.75 Å². The van der Waals surface area contributed by atoms with Gasteiger partial charge in [0.1, 0.15) is 22.3 Å². The van der Waals surface area contributed by atoms with Gasteiger partial charge in [-0.05, 0) is 23.5 Å². The second-order valence-corrected chi connectivity index (χ2v) is 10.4. The molecule has 5 rings (SSSR count). The highest BCUT2D eigenvalue weighted by Gasteiger charge is 2.44. The molecule has 0 radical (unpaired) electrons. The Bertz CT molecular complexity index is 1350. The van der Waals surface area contributed by atoms with Crippen LogP contribution >= 0.6 is 11.3 Å². The van der Waals surface area contributed by atoms with E-state index in [0.29, 0.717) is 18.2 Å². The molecule has 2 aliphatic heterocycles. The SMILES string of the molecule is CCC(C)C1CC(=O)c2c(O)c(=O)c(-c3nnc(Cc4ccc(F)cc4F)s3)cn2C2COCC12. The van der Waals surface area contributed by atoms with Crippen LogP contribution in [0.1, 0.15) is 53.8 Å². The fraction of sp³-hybridized carbons (Fsp3) is 0.440. The summed E-state index contributed by atoms with van der Waals surface area (Å²) in [5, 5.41) is 19.7. The maximum Gasteiger partial charge on any atom is 0.234 e. The van der Waals surface area contributed by atoms with E-state index in [9.17, 15) is 23.5 Å². The topological polar surface area (TPSA) is 94.3 Å². The van der Waals surface area contributed by atoms with Crippen LogP contribution in [-0.2, 0) is 11.2 Å². The molecule has 1 saturated heterocycles. The number of hydrogen-bond acceptors (Lipinski definition) is 7. The average molecular weight is 502 g/mol. The Hall–Kier alpha value is -2.98. The van der Waals surface area contributed by atoms with Gasteiger partial charge in [-0.15, -0.1) is 10.2 Å². The van der Waals surface area contributed by atoms with Crippen LogP contribution in [0.3, 0.4) is 0 Å². The summed E-state index contributed by atoms with van der Waals surface area (Å²) in [7, 11) is 0. The number of aromatic nitrogens is 3. The summed E-state index contributed by atoms with van der Waals surface area (Å²) in [6, 6.07) is 3.12. The number of fused-ring (bicyclic) bond motifs is 3. The largest absolute Gasteiger partial charge is 0.503 e. The zero-order chi connectivity index (χ0) is 24.9. The molecule has 4 unspecified atom stereocenters. The van der Waals surface area contributed by atoms with Gasteiger partial charge in [0.2, 0.25) is 5.43 Å². The lowest BCUT2D eigenvalue weighted by atomic mass is 9.76. The Morgan fingerprint density at radius 2 is 2.06 bits per heavy atom. The standard InChI is InChI=1S/C25H25F2N3O4S/c1-3-12(2)15-8-20(31)22-24(33)23(32)16(9-30(22)19-11-34-10-17(15)19)25-29-28-21(35-25)6-13-4-5-14(26)7-18(13)27/h4-5,7,9,12,15,17,19,33H,3,6,8,10-11H2,1-2H3. The Balaban J connectivity index is 1.55. The van der Waals surface area contributed by atoms with Crippen LogP contribution in [0.25, 0.3) is 10.6 Å². The Kier molecular flexibility index (Phi) is 6.27. The number of carbonyl (C=O) groups excluding carboxylic acids is 1. The van der Waals surface area contributed by atoms with Gasteiger partial charge in [-0.2, -0.15) is 0 Å². The maximum atomic E-state index is 14.1. The van der Waals surface area contributed by atoms with E-state index in [0.717, 1.165) is 23.8 Å². The third kappa shape index (κ3) is 4.18. The first-order valence-electron chi connectivity index (χ1n) is 11.6. The zero-order valence-electron chi connectivity index (χ0n) is 19.3. The summed E-state index contributed by atoms with van der Waals surface area (Å²) in [6.07, 6.45) is 2.81. The van der Waals surface area contributed by atoms with Crippen molar-refractivity contribution in [2.45, 2.75) is 39.2 Å². The summed E-state index contributed by atoms with van der Waals surface area (Å²) in [5.74, 6) is -1.76. The molecule has 35 heavy (non-hydrogen) atoms. The van der Waals surface area contributed by atoms with Crippen molar-refractivity contribution >= 4 is 17.1 Å². The van der Waals surface area contributed by atoms with Gasteiger partial charge in [0.25, 0.3) is 0 Å². The van der Waals surface area contributed by atoms with Crippen molar-refractivity contribution in [1.82, 2.24) is 14.8 Å². The molecule has 0 amide bonds. The lowest BCUT2D eigenvalue weighted by Gasteiger charge is -2.29. The van der Waals surface area contributed by atoms with Crippen molar-refractivity contribution < 1.29 is 23.4 Å². The van der Waals surface area contributed by atoms with Crippen LogP contribution in [0, 0.1) is 29.4 Å². The van der Waals surface area contributed by atoms with E-state index in [2.05, 4.69) is 24.0 Å². The van der Waals surface area contributed by atoms with Crippen molar-refractivity contribution in [2.75, 3.05) is 13.2 Å². The Morgan fingerprint density at radius 3 is 2.80 bits per heavy atom. The normalized spacial score (nSPS) is 22.5. The Labute approximate surface area is 204 Å². The third-order valence-corrected chi connectivity index (χ3v) is 8.28. The molecule has 184 valence electrons. The van der Waals surface area contributed by atoms with Gasteiger partial charge >= 0.3 is 0 Å². The van der Waals surface area contributed by atoms with Gasteiger partial charge in [0.15, 0.2) is 16.5 Å². The second-order valence-electron chi connectivity index (χ2n) is 9.34. The average Bonchev–Trinajstić information content (AvgIpc) is 3.48. The van der Waals surface area contributed by atoms with Crippen LogP contribution in [0.2, 0.25) is 0 Å². The molecule has 2 aliphatic rings. The third-order valence-electron chi connectivity index (χ3n) is 7.32. The number of pyridine rings is 1. The Morgan fingerprint density at radius 1 is 1.26 bits per heavy atom. The maximum absolute atomic E-state index is 14.1. The van der Waals surface area contributed by atoms with E-state index >= 15 is 0 Å². The molecule has 2 aromatic heterocycles. The minimum atomic E-state index is -0.697. The number of ketones is 1. The first-order chi connectivity index (χ1) is 16.8. The van der Waals surface area contributed by atoms with E-state index in [1.165, 1.54) is 12.1 Å². The van der Waals surface area contributed by atoms with Gasteiger partial charge in [0, 0.05) is 31.0 Å². The zero-order valence-corrected chi connectivity index (χ0v) is 20.1. The molecule has 0 bridgehead atoms. The predicted molar refractivity (Wildman–Crippen MR) is 126 cm³/mol. The van der Waals surface area contributed by atoms with Crippen LogP contribution in [-0.4, -0.2) is 38.9 Å². The molecule has 0 aliphatic carbocycles. The first kappa shape index (κ1) is 23.7. The number of aromatic hydroxyl groups is 1. The van der Waals surface area contributed by atoms with Crippen molar-refractivity contribution in [1.29, 1.82) is 0 Å². The van der Waals surface area contributed by atoms with Gasteiger partial charge in [-0.3, -0.25) is 9.59 Å². The summed E-state index contributed by atoms with van der Waals surface area (Å²) in [4.78, 5) is 26.3. The smallest absolute Gasteiger partial charge is 0.234 e. The molecular weight excluding hydrogens is 476 g/mol. The summed E-state index contributed by atoms with van der Waals surface area (Å²) >= 11 is 1.08. The van der Waals surface area contributed by atoms with Gasteiger partial charge in [-0.25, -0.2) is 8.78 Å². The number of nitrogens with zero attached hydrogens (tertiary/aromatic N) is 3. The molecule has 7 nitrogen and oxygen atoms in total. The minimum absolute atomic E-state index is 0.0168. The monoisotopic (exact) mass is 501 g/mol. The lowest BCUT2D eigenvalue weighted by Crippen LogP contribution is -2.28. The van der Waals surface area contributed by atoms with Gasteiger partial charge in [-0.1, -0.05) is 37.7 Å². The van der Waals surface area contributed by atoms with Gasteiger partial charge in [0.05, 0.1) is 24.8 Å². The summed E-state index contributed by atoms with van der Waals surface area (Å²) < 4.78 is 34.8. The number of halogens is 2. The fourth-order valence-electron chi connectivity index (χ4n) is 5.21.